The van der Waals surface area contributed by atoms with Gasteiger partial charge in [0, 0.05) is 0 Å². The van der Waals surface area contributed by atoms with Crippen LogP contribution in [0.4, 0.5) is 0 Å². The number of hydrogen-bond acceptors (Lipinski definition) is 3. The van der Waals surface area contributed by atoms with E-state index in [2.05, 4.69) is 5.32 Å². The lowest BCUT2D eigenvalue weighted by Crippen LogP contribution is -2.41. The first kappa shape index (κ1) is 7.50. The highest BCUT2D eigenvalue weighted by molar-refractivity contribution is 5.74. The fraction of sp³-hybridized carbons (Fsp3) is 0.833. The molecule has 0 saturated carbocycles. The largest absolute Gasteiger partial charge is 0.480 e. The Morgan fingerprint density at radius 3 is 2.60 bits per heavy atom. The number of aliphatic carboxylic acids is 1. The van der Waals surface area contributed by atoms with Gasteiger partial charge in [-0.05, 0) is 12.3 Å². The van der Waals surface area contributed by atoms with Crippen molar-refractivity contribution >= 4 is 5.97 Å². The summed E-state index contributed by atoms with van der Waals surface area (Å²) >= 11 is 0. The normalized spacial score (nSPS) is 40.0. The van der Waals surface area contributed by atoms with Gasteiger partial charge in [0.2, 0.25) is 0 Å². The van der Waals surface area contributed by atoms with Gasteiger partial charge in [-0.25, -0.2) is 0 Å². The van der Waals surface area contributed by atoms with Crippen molar-refractivity contribution in [2.24, 2.45) is 11.7 Å². The molecule has 1 aliphatic rings. The summed E-state index contributed by atoms with van der Waals surface area (Å²) in [5.74, 6) is -0.659. The molecule has 1 heterocycles. The predicted octanol–water partition coefficient (Wildman–Crippen LogP) is -0.646. The molecule has 4 heteroatoms. The second kappa shape index (κ2) is 2.56. The first-order valence-corrected chi connectivity index (χ1v) is 3.35. The molecule has 10 heavy (non-hydrogen) atoms. The zero-order chi connectivity index (χ0) is 7.72. The topological polar surface area (TPSA) is 75.3 Å². The second-order valence-electron chi connectivity index (χ2n) is 2.80. The van der Waals surface area contributed by atoms with Gasteiger partial charge in [0.25, 0.3) is 0 Å². The highest BCUT2D eigenvalue weighted by atomic mass is 16.4. The summed E-state index contributed by atoms with van der Waals surface area (Å²) in [6.07, 6.45) is 0.604. The van der Waals surface area contributed by atoms with Crippen molar-refractivity contribution in [1.29, 1.82) is 0 Å². The number of rotatable bonds is 1. The van der Waals surface area contributed by atoms with Gasteiger partial charge < -0.3 is 10.8 Å². The van der Waals surface area contributed by atoms with E-state index in [1.165, 1.54) is 0 Å². The third-order valence-electron chi connectivity index (χ3n) is 1.85. The third kappa shape index (κ3) is 1.27. The summed E-state index contributed by atoms with van der Waals surface area (Å²) in [5.41, 5.74) is 5.48. The monoisotopic (exact) mass is 144 g/mol. The average Bonchev–Trinajstić information content (AvgIpc) is 2.10. The Kier molecular flexibility index (Phi) is 1.92. The van der Waals surface area contributed by atoms with E-state index in [0.29, 0.717) is 0 Å². The molecule has 0 amide bonds. The molecular weight excluding hydrogens is 132 g/mol. The van der Waals surface area contributed by atoms with Crippen molar-refractivity contribution in [3.05, 3.63) is 0 Å². The van der Waals surface area contributed by atoms with Gasteiger partial charge >= 0.3 is 5.97 Å². The number of nitrogens with one attached hydrogen (secondary N) is 1. The molecule has 0 unspecified atom stereocenters. The van der Waals surface area contributed by atoms with Crippen LogP contribution in [0.15, 0.2) is 0 Å². The van der Waals surface area contributed by atoms with Crippen LogP contribution in [0.25, 0.3) is 0 Å². The zero-order valence-electron chi connectivity index (χ0n) is 5.87. The average molecular weight is 144 g/mol. The lowest BCUT2D eigenvalue weighted by molar-refractivity contribution is -0.140. The third-order valence-corrected chi connectivity index (χ3v) is 1.85. The number of nitrogens with two attached hydrogens (primary N) is 1. The Bertz CT molecular complexity index is 149. The molecule has 3 atom stereocenters. The van der Waals surface area contributed by atoms with Crippen LogP contribution < -0.4 is 11.1 Å². The number of carboxylic acids is 1. The van der Waals surface area contributed by atoms with E-state index in [-0.39, 0.29) is 12.1 Å². The first-order chi connectivity index (χ1) is 4.61. The van der Waals surface area contributed by atoms with Gasteiger partial charge in [-0.3, -0.25) is 10.1 Å². The standard InChI is InChI=1S/C6H12N2O2/c1-3-2-4(7)8-5(3)6(9)10/h3-5,8H,2,7H2,1H3,(H,9,10)/t3-,4-,5-/m0/s1. The smallest absolute Gasteiger partial charge is 0.321 e. The summed E-state index contributed by atoms with van der Waals surface area (Å²) in [5, 5.41) is 11.4. The highest BCUT2D eigenvalue weighted by Gasteiger charge is 2.33. The molecule has 1 aliphatic heterocycles. The fourth-order valence-electron chi connectivity index (χ4n) is 1.31. The molecule has 0 aliphatic carbocycles. The van der Waals surface area contributed by atoms with Crippen LogP contribution in [0, 0.1) is 5.92 Å². The number of carbonyl (C=O) groups is 1. The second-order valence-corrected chi connectivity index (χ2v) is 2.80. The summed E-state index contributed by atoms with van der Waals surface area (Å²) in [6, 6.07) is -0.449. The van der Waals surface area contributed by atoms with Gasteiger partial charge in [-0.15, -0.1) is 0 Å². The van der Waals surface area contributed by atoms with Gasteiger partial charge in [0.15, 0.2) is 0 Å². The summed E-state index contributed by atoms with van der Waals surface area (Å²) in [6.45, 7) is 1.89. The van der Waals surface area contributed by atoms with Crippen molar-refractivity contribution in [2.45, 2.75) is 25.6 Å². The van der Waals surface area contributed by atoms with Gasteiger partial charge in [-0.2, -0.15) is 0 Å². The maximum atomic E-state index is 10.4. The van der Waals surface area contributed by atoms with E-state index in [1.54, 1.807) is 0 Å². The molecule has 0 radical (unpaired) electrons. The molecule has 4 nitrogen and oxygen atoms in total. The van der Waals surface area contributed by atoms with E-state index in [9.17, 15) is 4.79 Å². The van der Waals surface area contributed by atoms with E-state index in [4.69, 9.17) is 10.8 Å². The molecule has 1 fully saturated rings. The van der Waals surface area contributed by atoms with Gasteiger partial charge in [-0.1, -0.05) is 6.92 Å². The molecular formula is C6H12N2O2. The summed E-state index contributed by atoms with van der Waals surface area (Å²) < 4.78 is 0. The van der Waals surface area contributed by atoms with Crippen molar-refractivity contribution in [1.82, 2.24) is 5.32 Å². The van der Waals surface area contributed by atoms with Gasteiger partial charge in [0.1, 0.15) is 6.04 Å². The van der Waals surface area contributed by atoms with Crippen LogP contribution in [-0.2, 0) is 4.79 Å². The van der Waals surface area contributed by atoms with Gasteiger partial charge in [0.05, 0.1) is 6.17 Å². The number of hydrogen-bond donors (Lipinski definition) is 3. The van der Waals surface area contributed by atoms with Crippen LogP contribution >= 0.6 is 0 Å². The van der Waals surface area contributed by atoms with Crippen LogP contribution in [0.3, 0.4) is 0 Å². The zero-order valence-corrected chi connectivity index (χ0v) is 5.87. The fourth-order valence-corrected chi connectivity index (χ4v) is 1.31. The molecule has 1 saturated heterocycles. The molecule has 0 aromatic carbocycles. The minimum absolute atomic E-state index is 0.143. The van der Waals surface area contributed by atoms with E-state index >= 15 is 0 Å². The SMILES string of the molecule is C[C@H]1C[C@@H](N)N[C@@H]1C(=O)O. The molecule has 4 N–H and O–H groups in total. The molecule has 1 rings (SSSR count). The maximum absolute atomic E-state index is 10.4. The van der Waals surface area contributed by atoms with Crippen molar-refractivity contribution in [2.75, 3.05) is 0 Å². The Labute approximate surface area is 59.4 Å². The Morgan fingerprint density at radius 1 is 1.80 bits per heavy atom. The Balaban J connectivity index is 2.54. The van der Waals surface area contributed by atoms with Crippen LogP contribution in [0.2, 0.25) is 0 Å². The first-order valence-electron chi connectivity index (χ1n) is 3.35. The minimum Gasteiger partial charge on any atom is -0.480 e. The van der Waals surface area contributed by atoms with E-state index < -0.39 is 12.0 Å². The molecule has 0 bridgehead atoms. The highest BCUT2D eigenvalue weighted by Crippen LogP contribution is 2.16. The lowest BCUT2D eigenvalue weighted by Gasteiger charge is -2.08. The maximum Gasteiger partial charge on any atom is 0.321 e. The summed E-state index contributed by atoms with van der Waals surface area (Å²) in [7, 11) is 0. The molecule has 0 spiro atoms. The van der Waals surface area contributed by atoms with E-state index in [1.807, 2.05) is 6.92 Å². The summed E-state index contributed by atoms with van der Waals surface area (Å²) in [4.78, 5) is 10.4. The Hall–Kier alpha value is -0.610. The van der Waals surface area contributed by atoms with Crippen LogP contribution in [0.5, 0.6) is 0 Å². The van der Waals surface area contributed by atoms with Crippen molar-refractivity contribution in [3.63, 3.8) is 0 Å². The molecule has 0 aromatic heterocycles. The van der Waals surface area contributed by atoms with E-state index in [0.717, 1.165) is 6.42 Å². The van der Waals surface area contributed by atoms with Crippen molar-refractivity contribution < 1.29 is 9.90 Å². The number of carboxylic acid groups (broad SMARTS) is 1. The molecule has 0 aromatic rings. The van der Waals surface area contributed by atoms with Crippen LogP contribution in [0.1, 0.15) is 13.3 Å². The lowest BCUT2D eigenvalue weighted by atomic mass is 10.0. The quantitative estimate of drug-likeness (QED) is 0.457. The molecule has 58 valence electrons. The predicted molar refractivity (Wildman–Crippen MR) is 36.3 cm³/mol. The van der Waals surface area contributed by atoms with Crippen LogP contribution in [-0.4, -0.2) is 23.3 Å². The van der Waals surface area contributed by atoms with Crippen molar-refractivity contribution in [3.8, 4) is 0 Å². The minimum atomic E-state index is -0.805. The Morgan fingerprint density at radius 2 is 2.40 bits per heavy atom.